The second-order valence-corrected chi connectivity index (χ2v) is 10.5. The number of ether oxygens (including phenoxy) is 1. The first kappa shape index (κ1) is 25.9. The van der Waals surface area contributed by atoms with Crippen LogP contribution in [0, 0.1) is 0 Å². The predicted octanol–water partition coefficient (Wildman–Crippen LogP) is 2.89. The summed E-state index contributed by atoms with van der Waals surface area (Å²) in [5.74, 6) is 1.48. The van der Waals surface area contributed by atoms with Crippen LogP contribution in [-0.4, -0.2) is 84.3 Å². The van der Waals surface area contributed by atoms with Gasteiger partial charge in [-0.15, -0.1) is 0 Å². The molecule has 0 radical (unpaired) electrons. The van der Waals surface area contributed by atoms with E-state index in [1.54, 1.807) is 18.4 Å². The summed E-state index contributed by atoms with van der Waals surface area (Å²) >= 11 is 0. The van der Waals surface area contributed by atoms with Crippen molar-refractivity contribution in [3.63, 3.8) is 0 Å². The number of hydrogen-bond acceptors (Lipinski definition) is 7. The Hall–Kier alpha value is -3.17. The van der Waals surface area contributed by atoms with E-state index in [2.05, 4.69) is 15.1 Å². The molecule has 1 aromatic heterocycles. The first-order valence-corrected chi connectivity index (χ1v) is 12.5. The Morgan fingerprint density at radius 2 is 1.75 bits per heavy atom. The van der Waals surface area contributed by atoms with Crippen molar-refractivity contribution in [1.82, 2.24) is 20.1 Å². The number of hydrazone groups is 1. The third-order valence-electron chi connectivity index (χ3n) is 6.38. The van der Waals surface area contributed by atoms with Crippen molar-refractivity contribution < 1.29 is 18.7 Å². The highest BCUT2D eigenvalue weighted by Crippen LogP contribution is 2.33. The van der Waals surface area contributed by atoms with E-state index >= 15 is 0 Å². The zero-order chi connectivity index (χ0) is 25.7. The second kappa shape index (κ2) is 11.3. The monoisotopic (exact) mass is 495 g/mol. The van der Waals surface area contributed by atoms with E-state index in [1.165, 1.54) is 0 Å². The fraction of sp³-hybridized carbons (Fsp3) is 0.519. The number of methoxy groups -OCH3 is 1. The van der Waals surface area contributed by atoms with Gasteiger partial charge < -0.3 is 14.5 Å². The Morgan fingerprint density at radius 3 is 2.36 bits per heavy atom. The van der Waals surface area contributed by atoms with Crippen LogP contribution >= 0.6 is 0 Å². The molecule has 9 heteroatoms. The first-order chi connectivity index (χ1) is 17.2. The molecule has 36 heavy (non-hydrogen) atoms. The average molecular weight is 496 g/mol. The number of carbonyl (C=O) groups excluding carboxylic acids is 2. The molecule has 0 unspecified atom stereocenters. The Kier molecular flexibility index (Phi) is 8.11. The molecule has 4 rings (SSSR count). The fourth-order valence-electron chi connectivity index (χ4n) is 4.67. The molecule has 194 valence electrons. The second-order valence-electron chi connectivity index (χ2n) is 10.5. The summed E-state index contributed by atoms with van der Waals surface area (Å²) in [4.78, 5) is 30.1. The SMILES string of the molecule is COc1ccc(C2=NN(C(=O)CN3CCCN(CC(=O)NC(C)(C)C)CC3)[C@@H](c3ccco3)C2)cc1. The summed E-state index contributed by atoms with van der Waals surface area (Å²) < 4.78 is 10.9. The predicted molar refractivity (Wildman–Crippen MR) is 138 cm³/mol. The fourth-order valence-corrected chi connectivity index (χ4v) is 4.67. The van der Waals surface area contributed by atoms with Gasteiger partial charge in [-0.05, 0) is 82.2 Å². The zero-order valence-electron chi connectivity index (χ0n) is 21.7. The van der Waals surface area contributed by atoms with Crippen LogP contribution in [-0.2, 0) is 9.59 Å². The van der Waals surface area contributed by atoms with Crippen LogP contribution < -0.4 is 10.1 Å². The minimum atomic E-state index is -0.269. The van der Waals surface area contributed by atoms with Crippen LogP contribution in [0.1, 0.15) is 51.0 Å². The number of furan rings is 1. The van der Waals surface area contributed by atoms with Gasteiger partial charge in [0.25, 0.3) is 5.91 Å². The van der Waals surface area contributed by atoms with Gasteiger partial charge in [-0.3, -0.25) is 19.4 Å². The maximum Gasteiger partial charge on any atom is 0.257 e. The van der Waals surface area contributed by atoms with Crippen LogP contribution in [0.4, 0.5) is 0 Å². The molecule has 1 N–H and O–H groups in total. The van der Waals surface area contributed by atoms with Crippen molar-refractivity contribution in [3.05, 3.63) is 54.0 Å². The Morgan fingerprint density at radius 1 is 1.06 bits per heavy atom. The van der Waals surface area contributed by atoms with Crippen molar-refractivity contribution in [1.29, 1.82) is 0 Å². The van der Waals surface area contributed by atoms with E-state index in [-0.39, 0.29) is 29.9 Å². The number of nitrogens with one attached hydrogen (secondary N) is 1. The van der Waals surface area contributed by atoms with Crippen LogP contribution in [0.3, 0.4) is 0 Å². The van der Waals surface area contributed by atoms with Crippen molar-refractivity contribution in [2.45, 2.75) is 45.2 Å². The molecule has 2 aromatic rings. The number of rotatable bonds is 7. The largest absolute Gasteiger partial charge is 0.497 e. The number of carbonyl (C=O) groups is 2. The van der Waals surface area contributed by atoms with Crippen LogP contribution in [0.5, 0.6) is 5.75 Å². The molecule has 1 atom stereocenters. The number of amides is 2. The van der Waals surface area contributed by atoms with E-state index in [1.807, 2.05) is 57.2 Å². The lowest BCUT2D eigenvalue weighted by molar-refractivity contribution is -0.134. The molecule has 2 aliphatic rings. The number of hydrogen-bond donors (Lipinski definition) is 1. The van der Waals surface area contributed by atoms with Crippen LogP contribution in [0.2, 0.25) is 0 Å². The lowest BCUT2D eigenvalue weighted by atomic mass is 10.0. The molecule has 1 saturated heterocycles. The highest BCUT2D eigenvalue weighted by molar-refractivity contribution is 6.03. The van der Waals surface area contributed by atoms with Crippen molar-refractivity contribution in [2.75, 3.05) is 46.4 Å². The van der Waals surface area contributed by atoms with Gasteiger partial charge in [0.05, 0.1) is 32.2 Å². The molecular formula is C27H37N5O4. The summed E-state index contributed by atoms with van der Waals surface area (Å²) in [7, 11) is 1.64. The Labute approximate surface area is 213 Å². The lowest BCUT2D eigenvalue weighted by Crippen LogP contribution is -2.46. The molecule has 0 bridgehead atoms. The summed E-state index contributed by atoms with van der Waals surface area (Å²) in [5, 5.41) is 9.34. The summed E-state index contributed by atoms with van der Waals surface area (Å²) in [6, 6.07) is 11.2. The lowest BCUT2D eigenvalue weighted by Gasteiger charge is -2.26. The number of nitrogens with zero attached hydrogens (tertiary/aromatic N) is 4. The topological polar surface area (TPSA) is 90.6 Å². The molecule has 2 aliphatic heterocycles. The minimum Gasteiger partial charge on any atom is -0.497 e. The smallest absolute Gasteiger partial charge is 0.257 e. The van der Waals surface area contributed by atoms with Gasteiger partial charge in [-0.1, -0.05) is 0 Å². The molecule has 1 fully saturated rings. The van der Waals surface area contributed by atoms with Gasteiger partial charge in [0.15, 0.2) is 0 Å². The van der Waals surface area contributed by atoms with Crippen molar-refractivity contribution in [2.24, 2.45) is 5.10 Å². The average Bonchev–Trinajstić information content (AvgIpc) is 3.46. The Bertz CT molecular complexity index is 1060. The van der Waals surface area contributed by atoms with E-state index in [9.17, 15) is 9.59 Å². The van der Waals surface area contributed by atoms with E-state index in [4.69, 9.17) is 14.3 Å². The molecule has 2 amide bonds. The normalized spacial score (nSPS) is 19.6. The van der Waals surface area contributed by atoms with Crippen LogP contribution in [0.25, 0.3) is 0 Å². The maximum atomic E-state index is 13.5. The molecule has 0 spiro atoms. The minimum absolute atomic E-state index is 0.0331. The highest BCUT2D eigenvalue weighted by atomic mass is 16.5. The summed E-state index contributed by atoms with van der Waals surface area (Å²) in [6.45, 7) is 9.71. The van der Waals surface area contributed by atoms with E-state index in [0.29, 0.717) is 13.0 Å². The molecule has 9 nitrogen and oxygen atoms in total. The van der Waals surface area contributed by atoms with Gasteiger partial charge in [0, 0.05) is 25.0 Å². The van der Waals surface area contributed by atoms with Gasteiger partial charge in [-0.25, -0.2) is 5.01 Å². The Balaban J connectivity index is 1.40. The van der Waals surface area contributed by atoms with Gasteiger partial charge in [-0.2, -0.15) is 5.10 Å². The quantitative estimate of drug-likeness (QED) is 0.635. The van der Waals surface area contributed by atoms with Gasteiger partial charge in [0.2, 0.25) is 5.91 Å². The molecule has 0 saturated carbocycles. The highest BCUT2D eigenvalue weighted by Gasteiger charge is 2.35. The van der Waals surface area contributed by atoms with Crippen molar-refractivity contribution in [3.8, 4) is 5.75 Å². The molecule has 1 aromatic carbocycles. The van der Waals surface area contributed by atoms with E-state index in [0.717, 1.165) is 55.4 Å². The van der Waals surface area contributed by atoms with E-state index < -0.39 is 0 Å². The first-order valence-electron chi connectivity index (χ1n) is 12.5. The molecule has 3 heterocycles. The summed E-state index contributed by atoms with van der Waals surface area (Å²) in [6.07, 6.45) is 3.11. The standard InChI is InChI=1S/C27H37N5O4/c1-27(2,3)28-25(33)18-30-12-6-13-31(15-14-30)19-26(34)32-23(24-7-5-16-36-24)17-22(29-32)20-8-10-21(35-4)11-9-20/h5,7-11,16,23H,6,12-15,17-19H2,1-4H3,(H,28,33)/t23-/m1/s1. The van der Waals surface area contributed by atoms with Gasteiger partial charge in [0.1, 0.15) is 17.6 Å². The van der Waals surface area contributed by atoms with Gasteiger partial charge >= 0.3 is 0 Å². The summed E-state index contributed by atoms with van der Waals surface area (Å²) in [5.41, 5.74) is 1.56. The maximum absolute atomic E-state index is 13.5. The third kappa shape index (κ3) is 6.73. The number of benzene rings is 1. The molecule has 0 aliphatic carbocycles. The van der Waals surface area contributed by atoms with Crippen LogP contribution in [0.15, 0.2) is 52.2 Å². The van der Waals surface area contributed by atoms with Crippen molar-refractivity contribution >= 4 is 17.5 Å². The zero-order valence-corrected chi connectivity index (χ0v) is 21.7. The molecular weight excluding hydrogens is 458 g/mol. The third-order valence-corrected chi connectivity index (χ3v) is 6.38.